The van der Waals surface area contributed by atoms with Crippen LogP contribution in [-0.2, 0) is 0 Å². The van der Waals surface area contributed by atoms with E-state index in [1.165, 1.54) is 116 Å². The van der Waals surface area contributed by atoms with Gasteiger partial charge in [0.15, 0.2) is 6.29 Å². The second kappa shape index (κ2) is 20.7. The van der Waals surface area contributed by atoms with Crippen LogP contribution >= 0.6 is 0 Å². The molecular weight excluding hydrogens is 372 g/mol. The monoisotopic (exact) mass is 426 g/mol. The number of unbranched alkanes of at least 4 members (excludes halogenated alkanes) is 17. The van der Waals surface area contributed by atoms with Gasteiger partial charge in [0.2, 0.25) is 0 Å². The fourth-order valence-corrected chi connectivity index (χ4v) is 4.79. The summed E-state index contributed by atoms with van der Waals surface area (Å²) in [4.78, 5) is 2.45. The first kappa shape index (κ1) is 27.9. The first-order valence-electron chi connectivity index (χ1n) is 13.5. The smallest absolute Gasteiger partial charge is 0.152 e. The quantitative estimate of drug-likeness (QED) is 0.156. The van der Waals surface area contributed by atoms with Gasteiger partial charge in [-0.25, -0.2) is 0 Å². The molecule has 1 aliphatic heterocycles. The number of rotatable bonds is 21. The molecule has 0 bridgehead atoms. The van der Waals surface area contributed by atoms with Crippen molar-refractivity contribution in [2.24, 2.45) is 0 Å². The molecule has 4 nitrogen and oxygen atoms in total. The van der Waals surface area contributed by atoms with E-state index in [1.54, 1.807) is 0 Å². The van der Waals surface area contributed by atoms with Crippen LogP contribution in [0.1, 0.15) is 129 Å². The van der Waals surface area contributed by atoms with Crippen LogP contribution in [0.25, 0.3) is 0 Å². The fourth-order valence-electron chi connectivity index (χ4n) is 4.79. The van der Waals surface area contributed by atoms with Gasteiger partial charge in [0.1, 0.15) is 0 Å². The Kier molecular flexibility index (Phi) is 19.3. The summed E-state index contributed by atoms with van der Waals surface area (Å²) in [7, 11) is 0. The minimum Gasteiger partial charge on any atom is -0.368 e. The first-order valence-corrected chi connectivity index (χ1v) is 13.5. The largest absolute Gasteiger partial charge is 0.368 e. The number of aliphatic hydroxyl groups excluding tert-OH is 1. The van der Waals surface area contributed by atoms with Crippen molar-refractivity contribution in [3.8, 4) is 0 Å². The summed E-state index contributed by atoms with van der Waals surface area (Å²) in [6.45, 7) is 6.35. The van der Waals surface area contributed by atoms with Crippen molar-refractivity contribution in [2.45, 2.75) is 141 Å². The zero-order valence-corrected chi connectivity index (χ0v) is 20.3. The van der Waals surface area contributed by atoms with Gasteiger partial charge in [-0.15, -0.1) is 0 Å². The van der Waals surface area contributed by atoms with E-state index in [0.29, 0.717) is 6.42 Å². The van der Waals surface area contributed by atoms with Crippen LogP contribution in [0.2, 0.25) is 0 Å². The van der Waals surface area contributed by atoms with Crippen molar-refractivity contribution in [1.82, 2.24) is 10.2 Å². The van der Waals surface area contributed by atoms with Crippen molar-refractivity contribution < 1.29 is 10.2 Å². The van der Waals surface area contributed by atoms with Gasteiger partial charge in [0, 0.05) is 32.1 Å². The van der Waals surface area contributed by atoms with E-state index in [4.69, 9.17) is 0 Å². The van der Waals surface area contributed by atoms with E-state index in [2.05, 4.69) is 17.1 Å². The highest BCUT2D eigenvalue weighted by Crippen LogP contribution is 2.15. The van der Waals surface area contributed by atoms with Crippen LogP contribution in [0.4, 0.5) is 0 Å². The maximum Gasteiger partial charge on any atom is 0.152 e. The van der Waals surface area contributed by atoms with E-state index in [-0.39, 0.29) is 6.04 Å². The Morgan fingerprint density at radius 1 is 0.700 bits per heavy atom. The highest BCUT2D eigenvalue weighted by Gasteiger charge is 2.23. The lowest BCUT2D eigenvalue weighted by atomic mass is 10.0. The third kappa shape index (κ3) is 16.5. The molecule has 30 heavy (non-hydrogen) atoms. The molecule has 0 radical (unpaired) electrons. The van der Waals surface area contributed by atoms with Gasteiger partial charge in [-0.1, -0.05) is 116 Å². The first-order chi connectivity index (χ1) is 14.7. The summed E-state index contributed by atoms with van der Waals surface area (Å²) in [5.74, 6) is 0. The molecule has 0 amide bonds. The average molecular weight is 427 g/mol. The summed E-state index contributed by atoms with van der Waals surface area (Å²) < 4.78 is 0. The Morgan fingerprint density at radius 3 is 1.57 bits per heavy atom. The molecule has 1 fully saturated rings. The van der Waals surface area contributed by atoms with Gasteiger partial charge in [0.05, 0.1) is 0 Å². The third-order valence-corrected chi connectivity index (χ3v) is 6.75. The third-order valence-electron chi connectivity index (χ3n) is 6.75. The molecule has 1 saturated heterocycles. The van der Waals surface area contributed by atoms with Gasteiger partial charge >= 0.3 is 0 Å². The van der Waals surface area contributed by atoms with E-state index >= 15 is 0 Å². The van der Waals surface area contributed by atoms with Crippen LogP contribution in [0.5, 0.6) is 0 Å². The number of piperazine rings is 1. The lowest BCUT2D eigenvalue weighted by molar-refractivity contribution is -0.0644. The summed E-state index contributed by atoms with van der Waals surface area (Å²) in [5.41, 5.74) is 0. The predicted octanol–water partition coefficient (Wildman–Crippen LogP) is 6.00. The molecule has 180 valence electrons. The fraction of sp³-hybridized carbons (Fsp3) is 1.00. The SMILES string of the molecule is CCCCCCCCCCCCCCCCCCCCN1CCNCC1CC(O)O. The molecule has 3 N–H and O–H groups in total. The van der Waals surface area contributed by atoms with E-state index in [9.17, 15) is 10.2 Å². The number of aliphatic hydroxyl groups is 2. The molecule has 0 aliphatic carbocycles. The second-order valence-electron chi connectivity index (χ2n) is 9.62. The highest BCUT2D eigenvalue weighted by molar-refractivity contribution is 4.80. The van der Waals surface area contributed by atoms with Crippen LogP contribution in [0, 0.1) is 0 Å². The Morgan fingerprint density at radius 2 is 1.13 bits per heavy atom. The van der Waals surface area contributed by atoms with Gasteiger partial charge in [-0.2, -0.15) is 0 Å². The lowest BCUT2D eigenvalue weighted by Crippen LogP contribution is -2.52. The van der Waals surface area contributed by atoms with Crippen LogP contribution in [0.3, 0.4) is 0 Å². The van der Waals surface area contributed by atoms with Gasteiger partial charge in [-0.05, 0) is 13.0 Å². The standard InChI is InChI=1S/C26H54N2O2/c1-2-3-4-5-6-7-8-9-10-11-12-13-14-15-16-17-18-19-21-28-22-20-27-24-25(28)23-26(29)30/h25-27,29-30H,2-24H2,1H3. The summed E-state index contributed by atoms with van der Waals surface area (Å²) in [6.07, 6.45) is 24.7. The molecule has 1 aliphatic rings. The minimum absolute atomic E-state index is 0.282. The van der Waals surface area contributed by atoms with Crippen LogP contribution < -0.4 is 5.32 Å². The van der Waals surface area contributed by atoms with Crippen LogP contribution in [-0.4, -0.2) is 53.6 Å². The number of nitrogens with zero attached hydrogens (tertiary/aromatic N) is 1. The molecule has 0 aromatic carbocycles. The topological polar surface area (TPSA) is 55.7 Å². The zero-order valence-electron chi connectivity index (χ0n) is 20.3. The molecule has 4 heteroatoms. The number of nitrogens with one attached hydrogen (secondary N) is 1. The number of hydrogen-bond donors (Lipinski definition) is 3. The lowest BCUT2D eigenvalue weighted by Gasteiger charge is -2.36. The van der Waals surface area contributed by atoms with Crippen molar-refractivity contribution >= 4 is 0 Å². The maximum absolute atomic E-state index is 9.25. The molecule has 0 spiro atoms. The van der Waals surface area contributed by atoms with Gasteiger partial charge in [-0.3, -0.25) is 4.90 Å². The normalized spacial score (nSPS) is 17.8. The average Bonchev–Trinajstić information content (AvgIpc) is 2.73. The van der Waals surface area contributed by atoms with Crippen molar-refractivity contribution in [3.63, 3.8) is 0 Å². The molecule has 1 heterocycles. The zero-order chi connectivity index (χ0) is 21.7. The van der Waals surface area contributed by atoms with Crippen LogP contribution in [0.15, 0.2) is 0 Å². The minimum atomic E-state index is -1.18. The second-order valence-corrected chi connectivity index (χ2v) is 9.62. The van der Waals surface area contributed by atoms with Crippen molar-refractivity contribution in [1.29, 1.82) is 0 Å². The molecule has 0 saturated carbocycles. The maximum atomic E-state index is 9.25. The van der Waals surface area contributed by atoms with E-state index < -0.39 is 6.29 Å². The number of hydrogen-bond acceptors (Lipinski definition) is 4. The Balaban J connectivity index is 1.78. The van der Waals surface area contributed by atoms with Crippen molar-refractivity contribution in [2.75, 3.05) is 26.2 Å². The Labute approximate surface area is 188 Å². The van der Waals surface area contributed by atoms with E-state index in [0.717, 1.165) is 26.2 Å². The summed E-state index contributed by atoms with van der Waals surface area (Å²) >= 11 is 0. The molecule has 1 rings (SSSR count). The molecule has 0 aromatic rings. The predicted molar refractivity (Wildman–Crippen MR) is 130 cm³/mol. The Bertz CT molecular complexity index is 352. The van der Waals surface area contributed by atoms with Gasteiger partial charge < -0.3 is 15.5 Å². The molecule has 1 unspecified atom stereocenters. The van der Waals surface area contributed by atoms with Gasteiger partial charge in [0.25, 0.3) is 0 Å². The molecular formula is C26H54N2O2. The summed E-state index contributed by atoms with van der Waals surface area (Å²) in [6, 6.07) is 0.282. The summed E-state index contributed by atoms with van der Waals surface area (Å²) in [5, 5.41) is 21.9. The highest BCUT2D eigenvalue weighted by atomic mass is 16.5. The molecule has 1 atom stereocenters. The molecule has 0 aromatic heterocycles. The van der Waals surface area contributed by atoms with E-state index in [1.807, 2.05) is 0 Å². The Hall–Kier alpha value is -0.160. The van der Waals surface area contributed by atoms with Crippen molar-refractivity contribution in [3.05, 3.63) is 0 Å².